The molecule has 3 N–H and O–H groups in total. The third-order valence-electron chi connectivity index (χ3n) is 2.65. The summed E-state index contributed by atoms with van der Waals surface area (Å²) in [4.78, 5) is 24.4. The van der Waals surface area contributed by atoms with Crippen LogP contribution < -0.4 is 5.73 Å². The van der Waals surface area contributed by atoms with Gasteiger partial charge in [0.05, 0.1) is 6.04 Å². The minimum Gasteiger partial charge on any atom is -0.480 e. The van der Waals surface area contributed by atoms with Gasteiger partial charge in [-0.3, -0.25) is 4.79 Å². The van der Waals surface area contributed by atoms with Gasteiger partial charge in [-0.25, -0.2) is 4.79 Å². The highest BCUT2D eigenvalue weighted by molar-refractivity contribution is 7.99. The van der Waals surface area contributed by atoms with Gasteiger partial charge in [0.25, 0.3) is 0 Å². The molecule has 1 fully saturated rings. The summed E-state index contributed by atoms with van der Waals surface area (Å²) < 4.78 is 4.85. The van der Waals surface area contributed by atoms with E-state index in [2.05, 4.69) is 0 Å². The average Bonchev–Trinajstić information content (AvgIpc) is 2.34. The second-order valence-electron chi connectivity index (χ2n) is 3.85. The van der Waals surface area contributed by atoms with Gasteiger partial charge in [-0.15, -0.1) is 0 Å². The molecule has 98 valence electrons. The molecule has 6 nitrogen and oxygen atoms in total. The molecule has 0 spiro atoms. The van der Waals surface area contributed by atoms with Gasteiger partial charge < -0.3 is 20.5 Å². The van der Waals surface area contributed by atoms with Crippen molar-refractivity contribution >= 4 is 23.6 Å². The molecule has 0 aliphatic carbocycles. The molecule has 0 aromatic carbocycles. The van der Waals surface area contributed by atoms with Crippen molar-refractivity contribution in [2.75, 3.05) is 31.8 Å². The number of hydrogen-bond acceptors (Lipinski definition) is 5. The molecule has 7 heteroatoms. The lowest BCUT2D eigenvalue weighted by Gasteiger charge is -2.34. The summed E-state index contributed by atoms with van der Waals surface area (Å²) in [5.74, 6) is -0.0795. The highest BCUT2D eigenvalue weighted by atomic mass is 32.2. The first-order valence-corrected chi connectivity index (χ1v) is 6.59. The monoisotopic (exact) mass is 262 g/mol. The van der Waals surface area contributed by atoms with Crippen molar-refractivity contribution in [3.05, 3.63) is 0 Å². The van der Waals surface area contributed by atoms with E-state index in [0.29, 0.717) is 25.3 Å². The number of methoxy groups -OCH3 is 1. The fraction of sp³-hybridized carbons (Fsp3) is 0.800. The molecule has 1 aliphatic rings. The molecule has 0 radical (unpaired) electrons. The normalized spacial score (nSPS) is 22.2. The molecule has 1 rings (SSSR count). The van der Waals surface area contributed by atoms with Crippen LogP contribution in [0.4, 0.5) is 0 Å². The summed E-state index contributed by atoms with van der Waals surface area (Å²) in [5.41, 5.74) is 5.73. The number of nitrogens with two attached hydrogens (primary N) is 1. The third-order valence-corrected chi connectivity index (χ3v) is 3.67. The summed E-state index contributed by atoms with van der Waals surface area (Å²) >= 11 is 1.54. The maximum atomic E-state index is 12.0. The van der Waals surface area contributed by atoms with Crippen LogP contribution in [-0.4, -0.2) is 65.7 Å². The Morgan fingerprint density at radius 1 is 1.65 bits per heavy atom. The summed E-state index contributed by atoms with van der Waals surface area (Å²) in [6.45, 7) is 0.842. The Morgan fingerprint density at radius 2 is 2.35 bits per heavy atom. The Kier molecular flexibility index (Phi) is 5.73. The van der Waals surface area contributed by atoms with Crippen molar-refractivity contribution in [2.45, 2.75) is 18.5 Å². The number of aliphatic carboxylic acids is 1. The zero-order valence-electron chi connectivity index (χ0n) is 9.80. The minimum atomic E-state index is -0.968. The van der Waals surface area contributed by atoms with E-state index in [4.69, 9.17) is 15.6 Å². The zero-order valence-corrected chi connectivity index (χ0v) is 10.6. The first kappa shape index (κ1) is 14.3. The second kappa shape index (κ2) is 6.83. The van der Waals surface area contributed by atoms with Gasteiger partial charge >= 0.3 is 5.97 Å². The van der Waals surface area contributed by atoms with Crippen molar-refractivity contribution in [3.63, 3.8) is 0 Å². The largest absolute Gasteiger partial charge is 0.480 e. The van der Waals surface area contributed by atoms with Gasteiger partial charge in [-0.05, 0) is 6.42 Å². The van der Waals surface area contributed by atoms with Crippen LogP contribution in [0.5, 0.6) is 0 Å². The summed E-state index contributed by atoms with van der Waals surface area (Å²) in [6.07, 6.45) is 0.408. The van der Waals surface area contributed by atoms with Crippen molar-refractivity contribution in [1.82, 2.24) is 4.90 Å². The van der Waals surface area contributed by atoms with Crippen molar-refractivity contribution in [2.24, 2.45) is 5.73 Å². The fourth-order valence-corrected chi connectivity index (χ4v) is 2.69. The van der Waals surface area contributed by atoms with E-state index in [9.17, 15) is 9.59 Å². The van der Waals surface area contributed by atoms with Crippen LogP contribution in [0.2, 0.25) is 0 Å². The molecule has 0 bridgehead atoms. The maximum Gasteiger partial charge on any atom is 0.327 e. The Morgan fingerprint density at radius 3 is 2.94 bits per heavy atom. The lowest BCUT2D eigenvalue weighted by molar-refractivity contribution is -0.149. The summed E-state index contributed by atoms with van der Waals surface area (Å²) in [5, 5.41) is 9.04. The number of hydrogen-bond donors (Lipinski definition) is 2. The Hall–Kier alpha value is -0.790. The molecule has 17 heavy (non-hydrogen) atoms. The lowest BCUT2D eigenvalue weighted by atomic mass is 10.1. The quantitative estimate of drug-likeness (QED) is 0.686. The Balaban J connectivity index is 2.61. The highest BCUT2D eigenvalue weighted by Crippen LogP contribution is 2.17. The van der Waals surface area contributed by atoms with E-state index in [1.54, 1.807) is 11.8 Å². The number of carbonyl (C=O) groups is 2. The van der Waals surface area contributed by atoms with Crippen LogP contribution in [0, 0.1) is 0 Å². The van der Waals surface area contributed by atoms with Crippen molar-refractivity contribution < 1.29 is 19.4 Å². The standard InChI is InChI=1S/C10H18N2O4S/c1-16-4-2-7(11)9(13)12-3-5-17-6-8(12)10(14)15/h7-8H,2-6,11H2,1H3,(H,14,15). The van der Waals surface area contributed by atoms with Gasteiger partial charge in [0.15, 0.2) is 0 Å². The van der Waals surface area contributed by atoms with Gasteiger partial charge in [0.1, 0.15) is 6.04 Å². The minimum absolute atomic E-state index is 0.297. The number of amides is 1. The molecule has 1 saturated heterocycles. The van der Waals surface area contributed by atoms with E-state index in [0.717, 1.165) is 5.75 Å². The summed E-state index contributed by atoms with van der Waals surface area (Å²) in [7, 11) is 1.54. The maximum absolute atomic E-state index is 12.0. The molecule has 0 aromatic heterocycles. The number of nitrogens with zero attached hydrogens (tertiary/aromatic N) is 1. The molecular formula is C10H18N2O4S. The first-order valence-electron chi connectivity index (χ1n) is 5.43. The number of carboxylic acids is 1. The molecule has 0 saturated carbocycles. The van der Waals surface area contributed by atoms with Crippen LogP contribution in [-0.2, 0) is 14.3 Å². The fourth-order valence-electron chi connectivity index (χ4n) is 1.65. The van der Waals surface area contributed by atoms with Gasteiger partial charge in [0, 0.05) is 31.8 Å². The number of thioether (sulfide) groups is 1. The highest BCUT2D eigenvalue weighted by Gasteiger charge is 2.34. The van der Waals surface area contributed by atoms with Gasteiger partial charge in [-0.1, -0.05) is 0 Å². The van der Waals surface area contributed by atoms with E-state index in [-0.39, 0.29) is 5.91 Å². The third kappa shape index (κ3) is 3.86. The summed E-state index contributed by atoms with van der Waals surface area (Å²) in [6, 6.07) is -1.44. The topological polar surface area (TPSA) is 92.9 Å². The van der Waals surface area contributed by atoms with E-state index >= 15 is 0 Å². The average molecular weight is 262 g/mol. The van der Waals surface area contributed by atoms with Crippen LogP contribution in [0.1, 0.15) is 6.42 Å². The number of carbonyl (C=O) groups excluding carboxylic acids is 1. The van der Waals surface area contributed by atoms with Crippen LogP contribution in [0.25, 0.3) is 0 Å². The lowest BCUT2D eigenvalue weighted by Crippen LogP contribution is -2.55. The number of ether oxygens (including phenoxy) is 1. The molecule has 2 unspecified atom stereocenters. The molecule has 1 aliphatic heterocycles. The first-order chi connectivity index (χ1) is 8.07. The van der Waals surface area contributed by atoms with E-state index < -0.39 is 18.1 Å². The van der Waals surface area contributed by atoms with Gasteiger partial charge in [-0.2, -0.15) is 11.8 Å². The molecular weight excluding hydrogens is 244 g/mol. The molecule has 1 heterocycles. The molecule has 0 aromatic rings. The molecule has 2 atom stereocenters. The smallest absolute Gasteiger partial charge is 0.327 e. The van der Waals surface area contributed by atoms with Crippen molar-refractivity contribution in [3.8, 4) is 0 Å². The van der Waals surface area contributed by atoms with E-state index in [1.807, 2.05) is 0 Å². The van der Waals surface area contributed by atoms with E-state index in [1.165, 1.54) is 12.0 Å². The zero-order chi connectivity index (χ0) is 12.8. The number of carboxylic acid groups (broad SMARTS) is 1. The second-order valence-corrected chi connectivity index (χ2v) is 5.00. The van der Waals surface area contributed by atoms with Crippen LogP contribution >= 0.6 is 11.8 Å². The predicted octanol–water partition coefficient (Wildman–Crippen LogP) is -0.621. The van der Waals surface area contributed by atoms with Crippen LogP contribution in [0.15, 0.2) is 0 Å². The Labute approximate surface area is 104 Å². The Bertz CT molecular complexity index is 287. The predicted molar refractivity (Wildman–Crippen MR) is 64.9 cm³/mol. The van der Waals surface area contributed by atoms with Crippen LogP contribution in [0.3, 0.4) is 0 Å². The molecule has 1 amide bonds. The van der Waals surface area contributed by atoms with Crippen molar-refractivity contribution in [1.29, 1.82) is 0 Å². The number of rotatable bonds is 5. The van der Waals surface area contributed by atoms with Gasteiger partial charge in [0.2, 0.25) is 5.91 Å². The SMILES string of the molecule is COCCC(N)C(=O)N1CCSCC1C(=O)O.